The number of benzene rings is 1. The molecule has 1 amide bonds. The van der Waals surface area contributed by atoms with Gasteiger partial charge in [0.15, 0.2) is 5.96 Å². The minimum Gasteiger partial charge on any atom is -0.467 e. The zero-order valence-corrected chi connectivity index (χ0v) is 18.1. The second-order valence-electron chi connectivity index (χ2n) is 7.30. The van der Waals surface area contributed by atoms with Crippen molar-refractivity contribution in [1.82, 2.24) is 10.6 Å². The van der Waals surface area contributed by atoms with Gasteiger partial charge in [0, 0.05) is 32.0 Å². The molecule has 0 bridgehead atoms. The first kappa shape index (κ1) is 22.8. The molecule has 1 aromatic carbocycles. The van der Waals surface area contributed by atoms with E-state index < -0.39 is 0 Å². The minimum absolute atomic E-state index is 0.0811. The van der Waals surface area contributed by atoms with Gasteiger partial charge < -0.3 is 29.8 Å². The molecule has 8 nitrogen and oxygen atoms in total. The standard InChI is InChI=1S/C23H32N4O4/c1-2-24-23(25-11-6-12-29-17-20-9-4-13-30-20)26-16-18-7-3-8-19(15-18)27-22(28)21-10-5-14-31-21/h3-4,7-9,13,15,21H,2,5-6,10-12,14,16-17H2,1H3,(H,27,28)(H2,24,25,26). The summed E-state index contributed by atoms with van der Waals surface area (Å²) in [5.41, 5.74) is 1.78. The molecule has 0 saturated carbocycles. The molecule has 1 aliphatic heterocycles. The molecule has 1 fully saturated rings. The number of nitrogens with zero attached hydrogens (tertiary/aromatic N) is 1. The first-order valence-corrected chi connectivity index (χ1v) is 10.9. The van der Waals surface area contributed by atoms with Gasteiger partial charge in [0.05, 0.1) is 12.8 Å². The maximum atomic E-state index is 12.2. The van der Waals surface area contributed by atoms with Gasteiger partial charge in [-0.3, -0.25) is 4.79 Å². The maximum absolute atomic E-state index is 12.2. The van der Waals surface area contributed by atoms with Crippen molar-refractivity contribution >= 4 is 17.6 Å². The lowest BCUT2D eigenvalue weighted by Crippen LogP contribution is -2.38. The van der Waals surface area contributed by atoms with Crippen molar-refractivity contribution < 1.29 is 18.7 Å². The van der Waals surface area contributed by atoms with E-state index in [0.29, 0.717) is 26.4 Å². The minimum atomic E-state index is -0.339. The summed E-state index contributed by atoms with van der Waals surface area (Å²) in [6.45, 7) is 5.85. The van der Waals surface area contributed by atoms with Crippen LogP contribution in [0.25, 0.3) is 0 Å². The Morgan fingerprint density at radius 3 is 2.97 bits per heavy atom. The summed E-state index contributed by atoms with van der Waals surface area (Å²) in [7, 11) is 0. The number of ether oxygens (including phenoxy) is 2. The fourth-order valence-corrected chi connectivity index (χ4v) is 3.22. The Morgan fingerprint density at radius 2 is 2.19 bits per heavy atom. The third-order valence-corrected chi connectivity index (χ3v) is 4.76. The van der Waals surface area contributed by atoms with Crippen molar-refractivity contribution in [2.45, 2.75) is 45.4 Å². The highest BCUT2D eigenvalue weighted by Gasteiger charge is 2.23. The Balaban J connectivity index is 1.41. The fourth-order valence-electron chi connectivity index (χ4n) is 3.22. The first-order valence-electron chi connectivity index (χ1n) is 10.9. The van der Waals surface area contributed by atoms with Crippen LogP contribution in [0.1, 0.15) is 37.5 Å². The number of anilines is 1. The molecule has 3 rings (SSSR count). The number of hydrogen-bond donors (Lipinski definition) is 3. The second kappa shape index (κ2) is 12.8. The largest absolute Gasteiger partial charge is 0.467 e. The highest BCUT2D eigenvalue weighted by atomic mass is 16.5. The highest BCUT2D eigenvalue weighted by Crippen LogP contribution is 2.16. The lowest BCUT2D eigenvalue weighted by atomic mass is 10.2. The molecule has 1 aliphatic rings. The van der Waals surface area contributed by atoms with E-state index in [-0.39, 0.29) is 12.0 Å². The van der Waals surface area contributed by atoms with E-state index >= 15 is 0 Å². The predicted molar refractivity (Wildman–Crippen MR) is 120 cm³/mol. The van der Waals surface area contributed by atoms with Crippen molar-refractivity contribution in [2.24, 2.45) is 4.99 Å². The van der Waals surface area contributed by atoms with Gasteiger partial charge in [-0.05, 0) is 56.0 Å². The molecule has 0 radical (unpaired) electrons. The zero-order chi connectivity index (χ0) is 21.7. The first-order chi connectivity index (χ1) is 15.2. The van der Waals surface area contributed by atoms with Crippen LogP contribution in [0.2, 0.25) is 0 Å². The zero-order valence-electron chi connectivity index (χ0n) is 18.1. The van der Waals surface area contributed by atoms with E-state index in [2.05, 4.69) is 20.9 Å². The molecule has 1 aromatic heterocycles. The van der Waals surface area contributed by atoms with Gasteiger partial charge in [-0.25, -0.2) is 4.99 Å². The number of aliphatic imine (C=N–C) groups is 1. The lowest BCUT2D eigenvalue weighted by molar-refractivity contribution is -0.124. The average Bonchev–Trinajstić information content (AvgIpc) is 3.49. The lowest BCUT2D eigenvalue weighted by Gasteiger charge is -2.12. The summed E-state index contributed by atoms with van der Waals surface area (Å²) in [5, 5.41) is 9.50. The van der Waals surface area contributed by atoms with Gasteiger partial charge in [0.1, 0.15) is 18.5 Å². The Bertz CT molecular complexity index is 817. The Kier molecular flexibility index (Phi) is 9.40. The molecule has 1 saturated heterocycles. The van der Waals surface area contributed by atoms with Crippen molar-refractivity contribution in [3.05, 3.63) is 54.0 Å². The number of guanidine groups is 1. The van der Waals surface area contributed by atoms with E-state index in [0.717, 1.165) is 55.3 Å². The summed E-state index contributed by atoms with van der Waals surface area (Å²) in [4.78, 5) is 16.9. The van der Waals surface area contributed by atoms with Crippen LogP contribution in [0.5, 0.6) is 0 Å². The summed E-state index contributed by atoms with van der Waals surface area (Å²) in [5.74, 6) is 1.50. The Morgan fingerprint density at radius 1 is 1.26 bits per heavy atom. The molecule has 0 spiro atoms. The van der Waals surface area contributed by atoms with Gasteiger partial charge in [0.25, 0.3) is 5.91 Å². The topological polar surface area (TPSA) is 97.1 Å². The van der Waals surface area contributed by atoms with Crippen LogP contribution in [0.4, 0.5) is 5.69 Å². The molecule has 31 heavy (non-hydrogen) atoms. The summed E-state index contributed by atoms with van der Waals surface area (Å²) < 4.78 is 16.3. The van der Waals surface area contributed by atoms with Gasteiger partial charge in [-0.1, -0.05) is 12.1 Å². The number of nitrogens with one attached hydrogen (secondary N) is 3. The molecule has 3 N–H and O–H groups in total. The quantitative estimate of drug-likeness (QED) is 0.289. The number of amides is 1. The average molecular weight is 429 g/mol. The number of carbonyl (C=O) groups excluding carboxylic acids is 1. The monoisotopic (exact) mass is 428 g/mol. The third-order valence-electron chi connectivity index (χ3n) is 4.76. The SMILES string of the molecule is CCNC(=NCc1cccc(NC(=O)C2CCCO2)c1)NCCCOCc1ccco1. The number of carbonyl (C=O) groups is 1. The normalized spacial score (nSPS) is 16.3. The molecule has 2 aromatic rings. The molecular formula is C23H32N4O4. The van der Waals surface area contributed by atoms with E-state index in [9.17, 15) is 4.79 Å². The van der Waals surface area contributed by atoms with Crippen LogP contribution in [-0.4, -0.2) is 44.3 Å². The molecule has 0 aliphatic carbocycles. The maximum Gasteiger partial charge on any atom is 0.253 e. The fraction of sp³-hybridized carbons (Fsp3) is 0.478. The van der Waals surface area contributed by atoms with Crippen molar-refractivity contribution in [3.8, 4) is 0 Å². The Labute approximate surface area is 183 Å². The van der Waals surface area contributed by atoms with Gasteiger partial charge in [0.2, 0.25) is 0 Å². The number of rotatable bonds is 11. The van der Waals surface area contributed by atoms with Crippen LogP contribution < -0.4 is 16.0 Å². The third kappa shape index (κ3) is 8.07. The molecule has 1 unspecified atom stereocenters. The van der Waals surface area contributed by atoms with Crippen molar-refractivity contribution in [3.63, 3.8) is 0 Å². The van der Waals surface area contributed by atoms with Crippen LogP contribution in [0.3, 0.4) is 0 Å². The second-order valence-corrected chi connectivity index (χ2v) is 7.30. The van der Waals surface area contributed by atoms with Gasteiger partial charge >= 0.3 is 0 Å². The van der Waals surface area contributed by atoms with Crippen molar-refractivity contribution in [2.75, 3.05) is 31.6 Å². The Hall–Kier alpha value is -2.84. The number of furan rings is 1. The van der Waals surface area contributed by atoms with Crippen LogP contribution >= 0.6 is 0 Å². The van der Waals surface area contributed by atoms with E-state index in [1.807, 2.05) is 43.3 Å². The van der Waals surface area contributed by atoms with E-state index in [1.54, 1.807) is 6.26 Å². The highest BCUT2D eigenvalue weighted by molar-refractivity contribution is 5.94. The predicted octanol–water partition coefficient (Wildman–Crippen LogP) is 3.06. The van der Waals surface area contributed by atoms with Crippen LogP contribution in [-0.2, 0) is 27.4 Å². The molecule has 168 valence electrons. The van der Waals surface area contributed by atoms with Gasteiger partial charge in [-0.15, -0.1) is 0 Å². The smallest absolute Gasteiger partial charge is 0.253 e. The molecular weight excluding hydrogens is 396 g/mol. The molecule has 2 heterocycles. The molecule has 8 heteroatoms. The van der Waals surface area contributed by atoms with Gasteiger partial charge in [-0.2, -0.15) is 0 Å². The summed E-state index contributed by atoms with van der Waals surface area (Å²) in [6, 6.07) is 11.5. The summed E-state index contributed by atoms with van der Waals surface area (Å²) in [6.07, 6.45) is 3.88. The summed E-state index contributed by atoms with van der Waals surface area (Å²) >= 11 is 0. The van der Waals surface area contributed by atoms with Crippen LogP contribution in [0, 0.1) is 0 Å². The van der Waals surface area contributed by atoms with Crippen molar-refractivity contribution in [1.29, 1.82) is 0 Å². The van der Waals surface area contributed by atoms with E-state index in [4.69, 9.17) is 13.9 Å². The molecule has 1 atom stereocenters. The van der Waals surface area contributed by atoms with E-state index in [1.165, 1.54) is 0 Å². The van der Waals surface area contributed by atoms with Crippen LogP contribution in [0.15, 0.2) is 52.1 Å². The number of hydrogen-bond acceptors (Lipinski definition) is 5.